The highest BCUT2D eigenvalue weighted by atomic mass is 32.1. The van der Waals surface area contributed by atoms with Crippen LogP contribution in [0.15, 0.2) is 186 Å². The van der Waals surface area contributed by atoms with E-state index in [0.29, 0.717) is 0 Å². The van der Waals surface area contributed by atoms with Gasteiger partial charge in [-0.15, -0.1) is 22.7 Å². The number of thiazole rings is 1. The highest BCUT2D eigenvalue weighted by Gasteiger charge is 2.21. The summed E-state index contributed by atoms with van der Waals surface area (Å²) < 4.78 is 7.45. The van der Waals surface area contributed by atoms with Gasteiger partial charge in [0.15, 0.2) is 0 Å². The van der Waals surface area contributed by atoms with E-state index in [2.05, 4.69) is 169 Å². The Labute approximate surface area is 320 Å². The summed E-state index contributed by atoms with van der Waals surface area (Å²) in [5.74, 6) is 0. The minimum Gasteiger partial charge on any atom is -0.456 e. The smallest absolute Gasteiger partial charge is 0.136 e. The van der Waals surface area contributed by atoms with E-state index >= 15 is 0 Å². The Morgan fingerprint density at radius 1 is 0.444 bits per heavy atom. The van der Waals surface area contributed by atoms with E-state index in [-0.39, 0.29) is 0 Å². The lowest BCUT2D eigenvalue weighted by atomic mass is 9.98. The quantitative estimate of drug-likeness (QED) is 0.171. The average Bonchev–Trinajstić information content (AvgIpc) is 3.98. The van der Waals surface area contributed by atoms with Crippen molar-refractivity contribution < 1.29 is 4.42 Å². The summed E-state index contributed by atoms with van der Waals surface area (Å²) in [6.45, 7) is 0. The van der Waals surface area contributed by atoms with Crippen LogP contribution in [0.5, 0.6) is 0 Å². The molecule has 1 aliphatic heterocycles. The molecule has 9 aromatic rings. The maximum Gasteiger partial charge on any atom is 0.136 e. The van der Waals surface area contributed by atoms with E-state index in [4.69, 9.17) is 9.40 Å². The second kappa shape index (κ2) is 12.6. The van der Waals surface area contributed by atoms with E-state index in [1.807, 2.05) is 29.5 Å². The molecule has 0 fully saturated rings. The Morgan fingerprint density at radius 2 is 1.15 bits per heavy atom. The van der Waals surface area contributed by atoms with Crippen molar-refractivity contribution in [1.82, 2.24) is 4.98 Å². The molecule has 1 aliphatic carbocycles. The molecule has 0 spiro atoms. The number of anilines is 3. The number of fused-ring (bicyclic) bond motifs is 6. The van der Waals surface area contributed by atoms with Crippen LogP contribution in [-0.4, -0.2) is 4.98 Å². The monoisotopic (exact) mass is 726 g/mol. The Bertz CT molecular complexity index is 3080. The van der Waals surface area contributed by atoms with Gasteiger partial charge in [-0.05, 0) is 112 Å². The van der Waals surface area contributed by atoms with Crippen molar-refractivity contribution in [2.24, 2.45) is 0 Å². The molecule has 254 valence electrons. The third-order valence-corrected chi connectivity index (χ3v) is 12.6. The van der Waals surface area contributed by atoms with Crippen LogP contribution in [-0.2, 0) is 0 Å². The highest BCUT2D eigenvalue weighted by Crippen LogP contribution is 2.48. The van der Waals surface area contributed by atoms with Crippen LogP contribution < -0.4 is 4.90 Å². The number of benzene rings is 7. The first kappa shape index (κ1) is 31.0. The van der Waals surface area contributed by atoms with Crippen LogP contribution in [0.25, 0.3) is 85.5 Å². The van der Waals surface area contributed by atoms with Gasteiger partial charge in [0.05, 0.1) is 15.9 Å². The molecule has 2 aliphatic rings. The molecule has 0 N–H and O–H groups in total. The summed E-state index contributed by atoms with van der Waals surface area (Å²) in [5.41, 5.74) is 12.0. The van der Waals surface area contributed by atoms with Crippen molar-refractivity contribution >= 4 is 82.7 Å². The second-order valence-corrected chi connectivity index (χ2v) is 15.7. The molecule has 5 heteroatoms. The molecule has 0 saturated heterocycles. The molecule has 2 aromatic heterocycles. The zero-order chi connectivity index (χ0) is 35.6. The zero-order valence-electron chi connectivity index (χ0n) is 28.9. The average molecular weight is 727 g/mol. The van der Waals surface area contributed by atoms with Gasteiger partial charge in [0.1, 0.15) is 16.2 Å². The molecule has 0 saturated carbocycles. The molecule has 0 amide bonds. The van der Waals surface area contributed by atoms with Crippen molar-refractivity contribution in [3.8, 4) is 42.6 Å². The Hall–Kier alpha value is -6.53. The molecule has 0 bridgehead atoms. The molecule has 7 aromatic carbocycles. The summed E-state index contributed by atoms with van der Waals surface area (Å²) in [5, 5.41) is 5.74. The van der Waals surface area contributed by atoms with Gasteiger partial charge in [-0.1, -0.05) is 97.1 Å². The first-order valence-electron chi connectivity index (χ1n) is 18.0. The maximum absolute atomic E-state index is 6.25. The van der Waals surface area contributed by atoms with Gasteiger partial charge >= 0.3 is 0 Å². The largest absolute Gasteiger partial charge is 0.456 e. The molecule has 3 heterocycles. The number of hydrogen-bond acceptors (Lipinski definition) is 5. The molecule has 0 radical (unpaired) electrons. The number of nitrogens with zero attached hydrogens (tertiary/aromatic N) is 2. The van der Waals surface area contributed by atoms with E-state index in [9.17, 15) is 0 Å². The predicted molar refractivity (Wildman–Crippen MR) is 230 cm³/mol. The molecule has 0 atom stereocenters. The fraction of sp³-hybridized carbons (Fsp3) is 0. The summed E-state index contributed by atoms with van der Waals surface area (Å²) in [4.78, 5) is 9.86. The van der Waals surface area contributed by atoms with Crippen molar-refractivity contribution in [2.45, 2.75) is 0 Å². The number of para-hydroxylation sites is 2. The standard InChI is InChI=1S/C49H30N2OS2/c1-2-10-38-32(8-1)21-28-42(48(38)47-29-22-33-9-7-15-45(33)53-47)51(37-25-18-34(19-26-37)49-50-41-12-4-6-14-46(41)54-49)36-23-16-31(17-24-36)35-20-27-40-39-11-3-5-13-43(39)52-44(40)30-35/h1-30H. The lowest BCUT2D eigenvalue weighted by Crippen LogP contribution is -2.11. The zero-order valence-corrected chi connectivity index (χ0v) is 30.6. The van der Waals surface area contributed by atoms with Crippen LogP contribution in [0.4, 0.5) is 17.1 Å². The minimum atomic E-state index is 0.900. The fourth-order valence-electron chi connectivity index (χ4n) is 7.69. The second-order valence-electron chi connectivity index (χ2n) is 13.6. The fourth-order valence-corrected chi connectivity index (χ4v) is 9.75. The first-order valence-corrected chi connectivity index (χ1v) is 19.7. The van der Waals surface area contributed by atoms with Crippen molar-refractivity contribution in [3.05, 3.63) is 182 Å². The van der Waals surface area contributed by atoms with Gasteiger partial charge in [0.25, 0.3) is 0 Å². The van der Waals surface area contributed by atoms with Crippen LogP contribution in [0.2, 0.25) is 0 Å². The molecular formula is C49H30N2OS2. The summed E-state index contributed by atoms with van der Waals surface area (Å²) in [6.07, 6.45) is 0. The van der Waals surface area contributed by atoms with E-state index in [1.165, 1.54) is 36.4 Å². The van der Waals surface area contributed by atoms with Crippen LogP contribution >= 0.6 is 22.7 Å². The Morgan fingerprint density at radius 3 is 2.00 bits per heavy atom. The summed E-state index contributed by atoms with van der Waals surface area (Å²) in [6, 6.07) is 65.2. The molecule has 3 nitrogen and oxygen atoms in total. The summed E-state index contributed by atoms with van der Waals surface area (Å²) >= 11 is 3.58. The van der Waals surface area contributed by atoms with Crippen molar-refractivity contribution in [2.75, 3.05) is 4.90 Å². The maximum atomic E-state index is 6.25. The Balaban J connectivity index is 1.07. The minimum absolute atomic E-state index is 0.900. The molecule has 11 rings (SSSR count). The lowest BCUT2D eigenvalue weighted by Gasteiger charge is -2.29. The van der Waals surface area contributed by atoms with E-state index in [1.54, 1.807) is 11.3 Å². The van der Waals surface area contributed by atoms with Crippen molar-refractivity contribution in [1.29, 1.82) is 0 Å². The Kier molecular flexibility index (Phi) is 7.22. The first-order chi connectivity index (χ1) is 26.7. The van der Waals surface area contributed by atoms with Gasteiger partial charge in [-0.25, -0.2) is 4.98 Å². The molecule has 54 heavy (non-hydrogen) atoms. The number of aromatic nitrogens is 1. The van der Waals surface area contributed by atoms with Gasteiger partial charge in [0, 0.05) is 43.0 Å². The number of rotatable bonds is 6. The third-order valence-electron chi connectivity index (χ3n) is 10.3. The van der Waals surface area contributed by atoms with E-state index in [0.717, 1.165) is 66.2 Å². The predicted octanol–water partition coefficient (Wildman–Crippen LogP) is 15.0. The van der Waals surface area contributed by atoms with Crippen molar-refractivity contribution in [3.63, 3.8) is 0 Å². The normalized spacial score (nSPS) is 11.7. The molecule has 0 unspecified atom stereocenters. The van der Waals surface area contributed by atoms with Crippen LogP contribution in [0.3, 0.4) is 0 Å². The third kappa shape index (κ3) is 5.20. The lowest BCUT2D eigenvalue weighted by molar-refractivity contribution is 0.669. The summed E-state index contributed by atoms with van der Waals surface area (Å²) in [7, 11) is 0. The number of hydrogen-bond donors (Lipinski definition) is 0. The van der Waals surface area contributed by atoms with Crippen LogP contribution in [0, 0.1) is 0 Å². The molecular weight excluding hydrogens is 697 g/mol. The SMILES string of the molecule is c1cc2ccc(-c3c(N(c4ccc(-c5ccc6c(c5)oc5ccccc56)cc4)c4ccc(-c5nc6ccccc6s5)cc4)ccc4ccccc34)sc-2c1. The topological polar surface area (TPSA) is 29.3 Å². The van der Waals surface area contributed by atoms with Crippen LogP contribution in [0.1, 0.15) is 0 Å². The number of furan rings is 1. The highest BCUT2D eigenvalue weighted by molar-refractivity contribution is 7.21. The van der Waals surface area contributed by atoms with Gasteiger partial charge in [0.2, 0.25) is 0 Å². The van der Waals surface area contributed by atoms with Gasteiger partial charge in [-0.3, -0.25) is 0 Å². The van der Waals surface area contributed by atoms with Gasteiger partial charge < -0.3 is 9.32 Å². The van der Waals surface area contributed by atoms with E-state index < -0.39 is 0 Å². The van der Waals surface area contributed by atoms with Gasteiger partial charge in [-0.2, -0.15) is 0 Å².